The fourth-order valence-electron chi connectivity index (χ4n) is 4.83. The van der Waals surface area contributed by atoms with E-state index in [2.05, 4.69) is 55.6 Å². The van der Waals surface area contributed by atoms with E-state index in [1.807, 2.05) is 18.3 Å². The lowest BCUT2D eigenvalue weighted by atomic mass is 9.89. The molecule has 2 aromatic heterocycles. The smallest absolute Gasteiger partial charge is 0.228 e. The van der Waals surface area contributed by atoms with Gasteiger partial charge < -0.3 is 10.2 Å². The van der Waals surface area contributed by atoms with Crippen molar-refractivity contribution in [2.24, 2.45) is 5.92 Å². The van der Waals surface area contributed by atoms with Crippen LogP contribution in [0.1, 0.15) is 51.0 Å². The van der Waals surface area contributed by atoms with E-state index in [9.17, 15) is 4.79 Å². The van der Waals surface area contributed by atoms with Gasteiger partial charge in [0.15, 0.2) is 5.82 Å². The van der Waals surface area contributed by atoms with Crippen molar-refractivity contribution in [2.75, 3.05) is 25.5 Å². The maximum absolute atomic E-state index is 12.6. The number of hydrogen-bond acceptors (Lipinski definition) is 5. The number of likely N-dealkylation sites (tertiary alicyclic amines) is 1. The second kappa shape index (κ2) is 8.75. The van der Waals surface area contributed by atoms with Gasteiger partial charge in [0, 0.05) is 23.1 Å². The van der Waals surface area contributed by atoms with E-state index in [1.165, 1.54) is 6.42 Å². The number of nitrogens with zero attached hydrogens (tertiary/aromatic N) is 5. The number of amides is 1. The number of piperidine rings is 1. The maximum atomic E-state index is 12.6. The molecule has 0 unspecified atom stereocenters. The van der Waals surface area contributed by atoms with Gasteiger partial charge in [-0.1, -0.05) is 25.3 Å². The molecule has 0 radical (unpaired) electrons. The number of aromatic nitrogens is 4. The molecule has 2 aliphatic rings. The van der Waals surface area contributed by atoms with Gasteiger partial charge in [-0.3, -0.25) is 9.48 Å². The second-order valence-corrected chi connectivity index (χ2v) is 9.07. The predicted molar refractivity (Wildman–Crippen MR) is 122 cm³/mol. The molecule has 162 valence electrons. The first kappa shape index (κ1) is 20.1. The van der Waals surface area contributed by atoms with Gasteiger partial charge in [-0.2, -0.15) is 5.10 Å². The van der Waals surface area contributed by atoms with Crippen LogP contribution >= 0.6 is 0 Å². The molecule has 7 nitrogen and oxygen atoms in total. The van der Waals surface area contributed by atoms with E-state index in [0.29, 0.717) is 11.9 Å². The fourth-order valence-corrected chi connectivity index (χ4v) is 4.83. The van der Waals surface area contributed by atoms with Crippen molar-refractivity contribution in [3.8, 4) is 11.1 Å². The summed E-state index contributed by atoms with van der Waals surface area (Å²) in [7, 11) is 2.18. The zero-order valence-electron chi connectivity index (χ0n) is 18.1. The van der Waals surface area contributed by atoms with E-state index in [4.69, 9.17) is 0 Å². The number of hydrogen-bond donors (Lipinski definition) is 1. The molecule has 0 spiro atoms. The molecule has 1 aliphatic heterocycles. The van der Waals surface area contributed by atoms with Crippen molar-refractivity contribution in [1.29, 1.82) is 0 Å². The Labute approximate surface area is 182 Å². The summed E-state index contributed by atoms with van der Waals surface area (Å²) in [6, 6.07) is 8.55. The standard InChI is InChI=1S/C24H30N6O/c1-29-11-9-21(10-12-29)30-16-20(15-25-30)18-7-8-22-19(13-18)14-23(28-27-22)26-24(31)17-5-3-2-4-6-17/h7-8,13-17,21H,2-6,9-12H2,1H3,(H,26,28,31). The minimum Gasteiger partial charge on any atom is -0.309 e. The summed E-state index contributed by atoms with van der Waals surface area (Å²) in [4.78, 5) is 14.9. The van der Waals surface area contributed by atoms with Crippen molar-refractivity contribution in [3.05, 3.63) is 36.7 Å². The molecule has 1 N–H and O–H groups in total. The highest BCUT2D eigenvalue weighted by Gasteiger charge is 2.22. The monoisotopic (exact) mass is 418 g/mol. The third-order valence-electron chi connectivity index (χ3n) is 6.81. The van der Waals surface area contributed by atoms with Gasteiger partial charge in [-0.25, -0.2) is 0 Å². The summed E-state index contributed by atoms with van der Waals surface area (Å²) in [6.45, 7) is 2.23. The zero-order chi connectivity index (χ0) is 21.2. The summed E-state index contributed by atoms with van der Waals surface area (Å²) in [5.74, 6) is 0.703. The van der Waals surface area contributed by atoms with E-state index in [1.54, 1.807) is 0 Å². The molecule has 1 aliphatic carbocycles. The van der Waals surface area contributed by atoms with Crippen LogP contribution in [0, 0.1) is 5.92 Å². The Morgan fingerprint density at radius 1 is 1.00 bits per heavy atom. The maximum Gasteiger partial charge on any atom is 0.228 e. The Morgan fingerprint density at radius 2 is 1.81 bits per heavy atom. The molecule has 7 heteroatoms. The molecule has 3 aromatic rings. The van der Waals surface area contributed by atoms with Gasteiger partial charge in [0.2, 0.25) is 5.91 Å². The molecule has 1 amide bonds. The van der Waals surface area contributed by atoms with Crippen molar-refractivity contribution in [2.45, 2.75) is 51.0 Å². The number of carbonyl (C=O) groups is 1. The van der Waals surface area contributed by atoms with E-state index in [-0.39, 0.29) is 11.8 Å². The fraction of sp³-hybridized carbons (Fsp3) is 0.500. The summed E-state index contributed by atoms with van der Waals surface area (Å²) >= 11 is 0. The van der Waals surface area contributed by atoms with E-state index < -0.39 is 0 Å². The lowest BCUT2D eigenvalue weighted by molar-refractivity contribution is -0.120. The van der Waals surface area contributed by atoms with E-state index in [0.717, 1.165) is 73.6 Å². The lowest BCUT2D eigenvalue weighted by Gasteiger charge is -2.28. The van der Waals surface area contributed by atoms with Crippen molar-refractivity contribution >= 4 is 22.6 Å². The lowest BCUT2D eigenvalue weighted by Crippen LogP contribution is -2.31. The number of nitrogens with one attached hydrogen (secondary N) is 1. The van der Waals surface area contributed by atoms with Gasteiger partial charge in [-0.05, 0) is 69.6 Å². The third kappa shape index (κ3) is 4.46. The van der Waals surface area contributed by atoms with Gasteiger partial charge in [0.05, 0.1) is 17.8 Å². The summed E-state index contributed by atoms with van der Waals surface area (Å²) in [6.07, 6.45) is 11.8. The molecular weight excluding hydrogens is 388 g/mol. The zero-order valence-corrected chi connectivity index (χ0v) is 18.1. The summed E-state index contributed by atoms with van der Waals surface area (Å²) in [5, 5.41) is 17.1. The Balaban J connectivity index is 1.34. The number of anilines is 1. The van der Waals surface area contributed by atoms with Crippen LogP contribution in [0.2, 0.25) is 0 Å². The molecule has 5 rings (SSSR count). The minimum atomic E-state index is 0.0731. The quantitative estimate of drug-likeness (QED) is 0.684. The Kier molecular flexibility index (Phi) is 5.68. The number of benzene rings is 1. The minimum absolute atomic E-state index is 0.0731. The first-order valence-electron chi connectivity index (χ1n) is 11.5. The molecule has 1 aromatic carbocycles. The largest absolute Gasteiger partial charge is 0.309 e. The van der Waals surface area contributed by atoms with Crippen molar-refractivity contribution in [1.82, 2.24) is 24.9 Å². The molecule has 2 fully saturated rings. The van der Waals surface area contributed by atoms with Crippen LogP contribution in [-0.4, -0.2) is 50.9 Å². The van der Waals surface area contributed by atoms with Crippen LogP contribution < -0.4 is 5.32 Å². The van der Waals surface area contributed by atoms with E-state index >= 15 is 0 Å². The SMILES string of the molecule is CN1CCC(n2cc(-c3ccc4nnc(NC(=O)C5CCCCC5)cc4c3)cn2)CC1. The highest BCUT2D eigenvalue weighted by molar-refractivity contribution is 5.94. The Morgan fingerprint density at radius 3 is 2.61 bits per heavy atom. The molecule has 3 heterocycles. The summed E-state index contributed by atoms with van der Waals surface area (Å²) < 4.78 is 2.12. The molecule has 31 heavy (non-hydrogen) atoms. The summed E-state index contributed by atoms with van der Waals surface area (Å²) in [5.41, 5.74) is 3.02. The van der Waals surface area contributed by atoms with Crippen LogP contribution in [0.4, 0.5) is 5.82 Å². The predicted octanol–water partition coefficient (Wildman–Crippen LogP) is 4.28. The highest BCUT2D eigenvalue weighted by atomic mass is 16.1. The normalized spacial score (nSPS) is 19.0. The first-order valence-corrected chi connectivity index (χ1v) is 11.5. The second-order valence-electron chi connectivity index (χ2n) is 9.07. The van der Waals surface area contributed by atoms with Gasteiger partial charge in [-0.15, -0.1) is 10.2 Å². The van der Waals surface area contributed by atoms with Crippen LogP contribution in [0.15, 0.2) is 36.7 Å². The van der Waals surface area contributed by atoms with Crippen LogP contribution in [0.25, 0.3) is 22.0 Å². The van der Waals surface area contributed by atoms with Gasteiger partial charge >= 0.3 is 0 Å². The van der Waals surface area contributed by atoms with Crippen molar-refractivity contribution in [3.63, 3.8) is 0 Å². The highest BCUT2D eigenvalue weighted by Crippen LogP contribution is 2.28. The molecular formula is C24H30N6O. The average molecular weight is 419 g/mol. The van der Waals surface area contributed by atoms with Gasteiger partial charge in [0.25, 0.3) is 0 Å². The van der Waals surface area contributed by atoms with Gasteiger partial charge in [0.1, 0.15) is 0 Å². The number of carbonyl (C=O) groups excluding carboxylic acids is 1. The molecule has 0 atom stereocenters. The average Bonchev–Trinajstić information content (AvgIpc) is 3.30. The molecule has 1 saturated carbocycles. The van der Waals surface area contributed by atoms with Crippen LogP contribution in [-0.2, 0) is 4.79 Å². The van der Waals surface area contributed by atoms with Crippen LogP contribution in [0.3, 0.4) is 0 Å². The Hall–Kier alpha value is -2.80. The first-order chi connectivity index (χ1) is 15.2. The molecule has 0 bridgehead atoms. The topological polar surface area (TPSA) is 75.9 Å². The third-order valence-corrected chi connectivity index (χ3v) is 6.81. The van der Waals surface area contributed by atoms with Crippen molar-refractivity contribution < 1.29 is 4.79 Å². The number of fused-ring (bicyclic) bond motifs is 1. The number of rotatable bonds is 4. The molecule has 1 saturated heterocycles. The van der Waals surface area contributed by atoms with Crippen LogP contribution in [0.5, 0.6) is 0 Å². The Bertz CT molecular complexity index is 1060.